The lowest BCUT2D eigenvalue weighted by Crippen LogP contribution is -2.30. The molecule has 6 heteroatoms. The van der Waals surface area contributed by atoms with Crippen molar-refractivity contribution in [1.29, 1.82) is 0 Å². The first kappa shape index (κ1) is 70.3. The quantitative estimate of drug-likeness (QED) is 0.0261. The molecule has 0 rings (SSSR count). The summed E-state index contributed by atoms with van der Waals surface area (Å²) in [5, 5.41) is 0. The van der Waals surface area contributed by atoms with Crippen LogP contribution in [0, 0.1) is 0 Å². The van der Waals surface area contributed by atoms with Gasteiger partial charge in [-0.25, -0.2) is 0 Å². The minimum Gasteiger partial charge on any atom is -0.462 e. The molecule has 0 aromatic carbocycles. The van der Waals surface area contributed by atoms with Crippen molar-refractivity contribution in [2.24, 2.45) is 0 Å². The number of ether oxygens (including phenoxy) is 3. The molecular weight excluding hydrogens is 925 g/mol. The Balaban J connectivity index is 4.31. The predicted octanol–water partition coefficient (Wildman–Crippen LogP) is 20.8. The molecule has 0 aliphatic rings. The van der Waals surface area contributed by atoms with Gasteiger partial charge in [0.25, 0.3) is 0 Å². The number of hydrogen-bond donors (Lipinski definition) is 0. The second-order valence-electron chi connectivity index (χ2n) is 19.5. The minimum absolute atomic E-state index is 0.117. The van der Waals surface area contributed by atoms with E-state index < -0.39 is 12.1 Å². The summed E-state index contributed by atoms with van der Waals surface area (Å²) < 4.78 is 16.8. The van der Waals surface area contributed by atoms with Gasteiger partial charge < -0.3 is 14.2 Å². The van der Waals surface area contributed by atoms with Crippen LogP contribution in [0.5, 0.6) is 0 Å². The lowest BCUT2D eigenvalue weighted by molar-refractivity contribution is -0.166. The maximum atomic E-state index is 12.8. The van der Waals surface area contributed by atoms with Crippen LogP contribution >= 0.6 is 0 Å². The Bertz CT molecular complexity index is 1660. The first-order valence-electron chi connectivity index (χ1n) is 30.3. The van der Waals surface area contributed by atoms with Gasteiger partial charge in [0.2, 0.25) is 0 Å². The first-order valence-corrected chi connectivity index (χ1v) is 30.3. The van der Waals surface area contributed by atoms with Gasteiger partial charge in [0.05, 0.1) is 0 Å². The molecule has 1 unspecified atom stereocenters. The Hall–Kier alpha value is -4.71. The van der Waals surface area contributed by atoms with Crippen molar-refractivity contribution in [2.75, 3.05) is 13.2 Å². The number of unbranched alkanes of at least 4 members (excludes halogenated alkanes) is 18. The number of rotatable bonds is 53. The highest BCUT2D eigenvalue weighted by Crippen LogP contribution is 2.14. The zero-order valence-corrected chi connectivity index (χ0v) is 48.3. The van der Waals surface area contributed by atoms with E-state index in [1.165, 1.54) is 77.0 Å². The normalized spacial score (nSPS) is 13.2. The molecule has 0 spiro atoms. The van der Waals surface area contributed by atoms with Crippen LogP contribution in [0.25, 0.3) is 0 Å². The van der Waals surface area contributed by atoms with Crippen molar-refractivity contribution in [3.63, 3.8) is 0 Å². The molecule has 0 amide bonds. The monoisotopic (exact) mass is 1030 g/mol. The lowest BCUT2D eigenvalue weighted by atomic mass is 10.1. The van der Waals surface area contributed by atoms with Gasteiger partial charge in [-0.05, 0) is 128 Å². The third-order valence-corrected chi connectivity index (χ3v) is 12.3. The van der Waals surface area contributed by atoms with Gasteiger partial charge in [-0.3, -0.25) is 14.4 Å². The molecule has 0 radical (unpaired) electrons. The predicted molar refractivity (Wildman–Crippen MR) is 325 cm³/mol. The molecule has 75 heavy (non-hydrogen) atoms. The van der Waals surface area contributed by atoms with Crippen LogP contribution in [0.4, 0.5) is 0 Å². The average Bonchev–Trinajstić information content (AvgIpc) is 3.41. The fourth-order valence-corrected chi connectivity index (χ4v) is 7.84. The molecule has 0 aromatic rings. The summed E-state index contributed by atoms with van der Waals surface area (Å²) in [5.41, 5.74) is 0. The van der Waals surface area contributed by atoms with Crippen LogP contribution in [0.2, 0.25) is 0 Å². The van der Waals surface area contributed by atoms with Gasteiger partial charge >= 0.3 is 17.9 Å². The second-order valence-corrected chi connectivity index (χ2v) is 19.5. The molecule has 0 N–H and O–H groups in total. The highest BCUT2D eigenvalue weighted by atomic mass is 16.6. The summed E-state index contributed by atoms with van der Waals surface area (Å²) in [7, 11) is 0. The fourth-order valence-electron chi connectivity index (χ4n) is 7.84. The Kier molecular flexibility index (Phi) is 58.0. The fraction of sp³-hybridized carbons (Fsp3) is 0.609. The zero-order valence-electron chi connectivity index (χ0n) is 48.3. The Morgan fingerprint density at radius 2 is 0.547 bits per heavy atom. The number of esters is 3. The third kappa shape index (κ3) is 60.0. The Morgan fingerprint density at radius 1 is 0.280 bits per heavy atom. The molecular formula is C69H110O6. The molecule has 0 fully saturated rings. The smallest absolute Gasteiger partial charge is 0.306 e. The third-order valence-electron chi connectivity index (χ3n) is 12.3. The summed E-state index contributed by atoms with van der Waals surface area (Å²) in [4.78, 5) is 38.1. The van der Waals surface area contributed by atoms with Gasteiger partial charge in [0.1, 0.15) is 13.2 Å². The molecule has 422 valence electrons. The van der Waals surface area contributed by atoms with E-state index >= 15 is 0 Å². The summed E-state index contributed by atoms with van der Waals surface area (Å²) in [6.07, 6.45) is 88.7. The maximum absolute atomic E-state index is 12.8. The van der Waals surface area contributed by atoms with E-state index in [1.807, 2.05) is 12.2 Å². The number of allylic oxidation sites excluding steroid dienone is 24. The molecule has 0 heterocycles. The highest BCUT2D eigenvalue weighted by molar-refractivity contribution is 5.71. The molecule has 1 atom stereocenters. The number of carbonyl (C=O) groups excluding carboxylic acids is 3. The molecule has 0 aliphatic heterocycles. The van der Waals surface area contributed by atoms with Crippen molar-refractivity contribution >= 4 is 17.9 Å². The van der Waals surface area contributed by atoms with Gasteiger partial charge in [0, 0.05) is 19.3 Å². The summed E-state index contributed by atoms with van der Waals surface area (Å²) in [6.45, 7) is 6.31. The van der Waals surface area contributed by atoms with Crippen molar-refractivity contribution < 1.29 is 28.6 Å². The lowest BCUT2D eigenvalue weighted by Gasteiger charge is -2.18. The largest absolute Gasteiger partial charge is 0.462 e. The van der Waals surface area contributed by atoms with E-state index in [9.17, 15) is 14.4 Å². The molecule has 0 saturated carbocycles. The number of hydrogen-bond acceptors (Lipinski definition) is 6. The van der Waals surface area contributed by atoms with E-state index in [2.05, 4.69) is 154 Å². The van der Waals surface area contributed by atoms with E-state index in [0.717, 1.165) is 128 Å². The molecule has 0 saturated heterocycles. The standard InChI is InChI=1S/C69H110O6/c1-4-7-10-13-16-19-22-25-26-27-28-29-30-31-32-33-34-35-36-37-38-39-40-41-42-45-47-50-53-56-59-62-68(71)74-65-66(75-69(72)63-60-57-54-51-48-44-24-21-18-15-12-9-6-3)64-73-67(70)61-58-55-52-49-46-43-23-20-17-14-11-8-5-2/h7,9-10,12,16,18-21,23,25-26,28-29,31-32,34-35,37-38,44,48,54,57,66H,4-6,8,11,13-15,17,22,24,27,30,33,36,39-43,45-47,49-53,55-56,58-65H2,1-3H3/b10-7-,12-9-,19-16-,21-18-,23-20-,26-25-,29-28-,32-31-,35-34-,38-37-,48-44-,57-54-. The first-order chi connectivity index (χ1) is 37.0. The van der Waals surface area contributed by atoms with Crippen LogP contribution in [-0.2, 0) is 28.6 Å². The SMILES string of the molecule is CC/C=C\C/C=C\C/C=C\C/C=C\C/C=C\C/C=C\C/C=C\CCCCCCCCCCCC(=O)OCC(COC(=O)CCCCCCC/C=C\CCCCCC)OC(=O)CC/C=C\C/C=C\C/C=C\C/C=C\CC. The molecule has 0 bridgehead atoms. The van der Waals surface area contributed by atoms with Crippen molar-refractivity contribution in [2.45, 2.75) is 258 Å². The van der Waals surface area contributed by atoms with E-state index in [1.54, 1.807) is 0 Å². The summed E-state index contributed by atoms with van der Waals surface area (Å²) in [5.74, 6) is -1.02. The molecule has 6 nitrogen and oxygen atoms in total. The molecule has 0 aliphatic carbocycles. The van der Waals surface area contributed by atoms with Crippen LogP contribution in [0.3, 0.4) is 0 Å². The van der Waals surface area contributed by atoms with Crippen LogP contribution < -0.4 is 0 Å². The maximum Gasteiger partial charge on any atom is 0.306 e. The summed E-state index contributed by atoms with van der Waals surface area (Å²) in [6, 6.07) is 0. The highest BCUT2D eigenvalue weighted by Gasteiger charge is 2.19. The summed E-state index contributed by atoms with van der Waals surface area (Å²) >= 11 is 0. The van der Waals surface area contributed by atoms with Gasteiger partial charge in [-0.1, -0.05) is 250 Å². The second kappa shape index (κ2) is 61.8. The van der Waals surface area contributed by atoms with E-state index in [4.69, 9.17) is 14.2 Å². The molecule has 0 aromatic heterocycles. The van der Waals surface area contributed by atoms with Crippen LogP contribution in [0.15, 0.2) is 146 Å². The Labute approximate surface area is 461 Å². The zero-order chi connectivity index (χ0) is 54.3. The Morgan fingerprint density at radius 3 is 0.880 bits per heavy atom. The topological polar surface area (TPSA) is 78.9 Å². The minimum atomic E-state index is -0.827. The average molecular weight is 1040 g/mol. The van der Waals surface area contributed by atoms with Gasteiger partial charge in [0.15, 0.2) is 6.10 Å². The number of carbonyl (C=O) groups is 3. The van der Waals surface area contributed by atoms with Crippen molar-refractivity contribution in [3.05, 3.63) is 146 Å². The van der Waals surface area contributed by atoms with Crippen LogP contribution in [-0.4, -0.2) is 37.2 Å². The van der Waals surface area contributed by atoms with Crippen molar-refractivity contribution in [1.82, 2.24) is 0 Å². The van der Waals surface area contributed by atoms with Crippen molar-refractivity contribution in [3.8, 4) is 0 Å². The van der Waals surface area contributed by atoms with Crippen LogP contribution in [0.1, 0.15) is 252 Å². The van der Waals surface area contributed by atoms with E-state index in [0.29, 0.717) is 19.3 Å². The van der Waals surface area contributed by atoms with E-state index in [-0.39, 0.29) is 31.6 Å². The van der Waals surface area contributed by atoms with Gasteiger partial charge in [-0.2, -0.15) is 0 Å². The van der Waals surface area contributed by atoms with Gasteiger partial charge in [-0.15, -0.1) is 0 Å².